The van der Waals surface area contributed by atoms with E-state index in [9.17, 15) is 48.1 Å². The average Bonchev–Trinajstić information content (AvgIpc) is 2.77. The standard InChI is InChI=1S/C20H17F5I2O8S2/c1-3-10(2)11-4-6-13(7-5-11)36(29,30)35-16-14(26)8-12(9-15(16)27)17(28)34-18(19(21,22)23)20(24,25)37(31,32)33/h4-10,18H,3H2,1-2H3,(H,31,32,33)/p-1. The van der Waals surface area contributed by atoms with Crippen LogP contribution in [0.5, 0.6) is 5.75 Å². The van der Waals surface area contributed by atoms with Crippen LogP contribution in [-0.4, -0.2) is 44.9 Å². The van der Waals surface area contributed by atoms with Gasteiger partial charge in [0.15, 0.2) is 15.9 Å². The third kappa shape index (κ3) is 7.41. The van der Waals surface area contributed by atoms with Crippen molar-refractivity contribution in [3.05, 3.63) is 54.7 Å². The Kier molecular flexibility index (Phi) is 9.85. The Morgan fingerprint density at radius 2 is 1.49 bits per heavy atom. The number of carbonyl (C=O) groups excluding carboxylic acids is 1. The molecule has 0 saturated heterocycles. The minimum absolute atomic E-state index is 0.136. The molecule has 0 spiro atoms. The minimum Gasteiger partial charge on any atom is -0.743 e. The lowest BCUT2D eigenvalue weighted by Crippen LogP contribution is -2.52. The van der Waals surface area contributed by atoms with Gasteiger partial charge >= 0.3 is 27.5 Å². The van der Waals surface area contributed by atoms with Crippen molar-refractivity contribution in [1.29, 1.82) is 0 Å². The molecule has 0 aliphatic carbocycles. The summed E-state index contributed by atoms with van der Waals surface area (Å²) in [4.78, 5) is 12.0. The molecule has 2 atom stereocenters. The third-order valence-electron chi connectivity index (χ3n) is 4.94. The second kappa shape index (κ2) is 11.4. The lowest BCUT2D eigenvalue weighted by atomic mass is 9.99. The van der Waals surface area contributed by atoms with Gasteiger partial charge in [0.2, 0.25) is 0 Å². The van der Waals surface area contributed by atoms with Gasteiger partial charge in [-0.3, -0.25) is 0 Å². The number of esters is 1. The number of carbonyl (C=O) groups is 1. The number of hydrogen-bond acceptors (Lipinski definition) is 8. The van der Waals surface area contributed by atoms with Crippen molar-refractivity contribution in [3.63, 3.8) is 0 Å². The van der Waals surface area contributed by atoms with Gasteiger partial charge in [0.05, 0.1) is 12.7 Å². The van der Waals surface area contributed by atoms with Crippen LogP contribution >= 0.6 is 45.2 Å². The van der Waals surface area contributed by atoms with E-state index in [-0.39, 0.29) is 23.7 Å². The molecule has 17 heteroatoms. The van der Waals surface area contributed by atoms with E-state index < -0.39 is 49.3 Å². The van der Waals surface area contributed by atoms with Gasteiger partial charge in [-0.05, 0) is 87.3 Å². The maximum Gasteiger partial charge on any atom is 0.432 e. The molecule has 0 fully saturated rings. The highest BCUT2D eigenvalue weighted by Gasteiger charge is 2.63. The zero-order valence-electron chi connectivity index (χ0n) is 18.6. The summed E-state index contributed by atoms with van der Waals surface area (Å²) in [5.41, 5.74) is 0.116. The molecule has 0 aromatic heterocycles. The number of ether oxygens (including phenoxy) is 1. The van der Waals surface area contributed by atoms with Crippen LogP contribution in [0.4, 0.5) is 22.0 Å². The summed E-state index contributed by atoms with van der Waals surface area (Å²) < 4.78 is 132. The molecule has 2 aromatic carbocycles. The predicted molar refractivity (Wildman–Crippen MR) is 135 cm³/mol. The molecule has 2 unspecified atom stereocenters. The maximum atomic E-state index is 13.6. The van der Waals surface area contributed by atoms with Crippen LogP contribution in [0, 0.1) is 7.14 Å². The smallest absolute Gasteiger partial charge is 0.432 e. The second-order valence-electron chi connectivity index (χ2n) is 7.53. The summed E-state index contributed by atoms with van der Waals surface area (Å²) >= 11 is 2.97. The molecule has 0 radical (unpaired) electrons. The summed E-state index contributed by atoms with van der Waals surface area (Å²) in [5.74, 6) is -2.18. The van der Waals surface area contributed by atoms with Crippen molar-refractivity contribution < 1.29 is 57.1 Å². The first kappa shape index (κ1) is 31.9. The number of hydrogen-bond donors (Lipinski definition) is 0. The lowest BCUT2D eigenvalue weighted by Gasteiger charge is -2.29. The van der Waals surface area contributed by atoms with Crippen molar-refractivity contribution in [2.45, 2.75) is 48.6 Å². The molecular weight excluding hydrogens is 781 g/mol. The number of alkyl halides is 5. The van der Waals surface area contributed by atoms with Crippen molar-refractivity contribution >= 4 is 71.4 Å². The topological polar surface area (TPSA) is 127 Å². The van der Waals surface area contributed by atoms with Gasteiger partial charge in [0.25, 0.3) is 6.10 Å². The Labute approximate surface area is 236 Å². The van der Waals surface area contributed by atoms with Gasteiger partial charge in [0.1, 0.15) is 4.90 Å². The van der Waals surface area contributed by atoms with Gasteiger partial charge in [-0.1, -0.05) is 26.0 Å². The zero-order chi connectivity index (χ0) is 28.6. The minimum atomic E-state index is -6.86. The summed E-state index contributed by atoms with van der Waals surface area (Å²) in [6.45, 7) is 3.91. The van der Waals surface area contributed by atoms with Gasteiger partial charge in [0, 0.05) is 0 Å². The van der Waals surface area contributed by atoms with E-state index in [2.05, 4.69) is 4.74 Å². The lowest BCUT2D eigenvalue weighted by molar-refractivity contribution is -0.248. The van der Waals surface area contributed by atoms with Crippen molar-refractivity contribution in [3.8, 4) is 5.75 Å². The normalized spacial score (nSPS) is 14.6. The van der Waals surface area contributed by atoms with Gasteiger partial charge in [-0.2, -0.15) is 30.4 Å². The largest absolute Gasteiger partial charge is 0.743 e. The monoisotopic (exact) mass is 797 g/mol. The van der Waals surface area contributed by atoms with Gasteiger partial charge in [-0.15, -0.1) is 0 Å². The van der Waals surface area contributed by atoms with Gasteiger partial charge < -0.3 is 13.5 Å². The van der Waals surface area contributed by atoms with E-state index in [1.54, 1.807) is 12.1 Å². The molecule has 0 bridgehead atoms. The van der Waals surface area contributed by atoms with E-state index >= 15 is 0 Å². The average molecular weight is 797 g/mol. The summed E-state index contributed by atoms with van der Waals surface area (Å²) in [5, 5.41) is -6.01. The van der Waals surface area contributed by atoms with E-state index in [0.717, 1.165) is 24.1 Å². The number of halogens is 7. The summed E-state index contributed by atoms with van der Waals surface area (Å²) in [7, 11) is -11.3. The van der Waals surface area contributed by atoms with E-state index in [0.29, 0.717) is 0 Å². The number of rotatable bonds is 9. The first-order valence-corrected chi connectivity index (χ1v) is 14.8. The molecule has 206 valence electrons. The Morgan fingerprint density at radius 3 is 1.89 bits per heavy atom. The van der Waals surface area contributed by atoms with Crippen molar-refractivity contribution in [1.82, 2.24) is 0 Å². The fourth-order valence-corrected chi connectivity index (χ4v) is 6.44. The molecular formula is C20H16F5I2O8S2-. The molecule has 37 heavy (non-hydrogen) atoms. The molecule has 0 amide bonds. The highest BCUT2D eigenvalue weighted by molar-refractivity contribution is 14.1. The molecule has 8 nitrogen and oxygen atoms in total. The highest BCUT2D eigenvalue weighted by Crippen LogP contribution is 2.39. The van der Waals surface area contributed by atoms with Crippen molar-refractivity contribution in [2.75, 3.05) is 0 Å². The van der Waals surface area contributed by atoms with Crippen molar-refractivity contribution in [2.24, 2.45) is 0 Å². The fourth-order valence-electron chi connectivity index (χ4n) is 2.75. The molecule has 2 aromatic rings. The summed E-state index contributed by atoms with van der Waals surface area (Å²) in [6, 6.07) is 7.41. The Morgan fingerprint density at radius 1 is 1.00 bits per heavy atom. The molecule has 0 heterocycles. The number of benzene rings is 2. The van der Waals surface area contributed by atoms with Crippen LogP contribution in [0.2, 0.25) is 0 Å². The van der Waals surface area contributed by atoms with E-state index in [1.807, 2.05) is 13.8 Å². The van der Waals surface area contributed by atoms with Crippen LogP contribution < -0.4 is 4.18 Å². The van der Waals surface area contributed by atoms with Crippen LogP contribution in [0.3, 0.4) is 0 Å². The summed E-state index contributed by atoms with van der Waals surface area (Å²) in [6.07, 6.45) is -9.87. The van der Waals surface area contributed by atoms with Crippen LogP contribution in [-0.2, 0) is 25.0 Å². The van der Waals surface area contributed by atoms with E-state index in [4.69, 9.17) is 4.18 Å². The Balaban J connectivity index is 2.37. The van der Waals surface area contributed by atoms with Gasteiger partial charge in [-0.25, -0.2) is 13.2 Å². The fraction of sp³-hybridized carbons (Fsp3) is 0.350. The third-order valence-corrected chi connectivity index (χ3v) is 8.66. The first-order valence-electron chi connectivity index (χ1n) is 9.86. The molecule has 0 N–H and O–H groups in total. The quantitative estimate of drug-likeness (QED) is 0.109. The zero-order valence-corrected chi connectivity index (χ0v) is 24.5. The van der Waals surface area contributed by atoms with Crippen LogP contribution in [0.1, 0.15) is 42.1 Å². The molecule has 0 aliphatic rings. The Hall–Kier alpha value is -1.32. The second-order valence-corrected chi connectivity index (χ2v) is 12.9. The van der Waals surface area contributed by atoms with E-state index in [1.165, 1.54) is 57.3 Å². The predicted octanol–water partition coefficient (Wildman–Crippen LogP) is 5.40. The maximum absolute atomic E-state index is 13.6. The highest BCUT2D eigenvalue weighted by atomic mass is 127. The van der Waals surface area contributed by atoms with Crippen LogP contribution in [0.25, 0.3) is 0 Å². The molecule has 0 aliphatic heterocycles. The SMILES string of the molecule is CCC(C)c1ccc(S(=O)(=O)Oc2c(I)cc(C(=O)OC(C(F)(F)F)C(F)(F)S(=O)(=O)[O-])cc2I)cc1. The first-order chi connectivity index (χ1) is 16.7. The van der Waals surface area contributed by atoms with Crippen LogP contribution in [0.15, 0.2) is 41.3 Å². The molecule has 2 rings (SSSR count). The Bertz CT molecular complexity index is 1360. The molecule has 0 saturated carbocycles.